The minimum atomic E-state index is -0.369. The van der Waals surface area contributed by atoms with E-state index in [0.29, 0.717) is 5.06 Å². The lowest BCUT2D eigenvalue weighted by Crippen LogP contribution is -2.23. The van der Waals surface area contributed by atoms with Crippen LogP contribution in [0.4, 0.5) is 0 Å². The van der Waals surface area contributed by atoms with Crippen molar-refractivity contribution in [2.24, 2.45) is 0 Å². The van der Waals surface area contributed by atoms with Gasteiger partial charge in [0.25, 0.3) is 0 Å². The van der Waals surface area contributed by atoms with Gasteiger partial charge in [-0.1, -0.05) is 0 Å². The van der Waals surface area contributed by atoms with Crippen molar-refractivity contribution in [3.8, 4) is 0 Å². The third kappa shape index (κ3) is 2.32. The SMILES string of the molecule is CC(=O)N(O)Cc1ccncc1. The smallest absolute Gasteiger partial charge is 0.243 e. The molecule has 0 saturated heterocycles. The fraction of sp³-hybridized carbons (Fsp3) is 0.250. The highest BCUT2D eigenvalue weighted by Gasteiger charge is 2.03. The molecule has 1 amide bonds. The van der Waals surface area contributed by atoms with E-state index in [1.54, 1.807) is 24.5 Å². The van der Waals surface area contributed by atoms with Crippen LogP contribution in [0.15, 0.2) is 24.5 Å². The summed E-state index contributed by atoms with van der Waals surface area (Å²) >= 11 is 0. The molecule has 0 saturated carbocycles. The topological polar surface area (TPSA) is 53.4 Å². The minimum Gasteiger partial charge on any atom is -0.286 e. The average molecular weight is 166 g/mol. The van der Waals surface area contributed by atoms with Crippen LogP contribution in [-0.4, -0.2) is 21.2 Å². The van der Waals surface area contributed by atoms with E-state index in [2.05, 4.69) is 4.98 Å². The van der Waals surface area contributed by atoms with Gasteiger partial charge in [-0.05, 0) is 17.7 Å². The maximum absolute atomic E-state index is 10.6. The standard InChI is InChI=1S/C8H10N2O2/c1-7(11)10(12)6-8-2-4-9-5-3-8/h2-5,12H,6H2,1H3. The van der Waals surface area contributed by atoms with E-state index >= 15 is 0 Å². The molecule has 64 valence electrons. The highest BCUT2D eigenvalue weighted by Crippen LogP contribution is 2.00. The summed E-state index contributed by atoms with van der Waals surface area (Å²) in [6.07, 6.45) is 3.23. The maximum Gasteiger partial charge on any atom is 0.243 e. The Hall–Kier alpha value is -1.42. The third-order valence-corrected chi connectivity index (χ3v) is 1.45. The van der Waals surface area contributed by atoms with E-state index in [0.717, 1.165) is 5.56 Å². The van der Waals surface area contributed by atoms with Crippen LogP contribution in [0.5, 0.6) is 0 Å². The van der Waals surface area contributed by atoms with Crippen molar-refractivity contribution in [2.75, 3.05) is 0 Å². The van der Waals surface area contributed by atoms with Gasteiger partial charge < -0.3 is 0 Å². The Bertz CT molecular complexity index is 261. The summed E-state index contributed by atoms with van der Waals surface area (Å²) < 4.78 is 0. The summed E-state index contributed by atoms with van der Waals surface area (Å²) in [5.74, 6) is -0.369. The fourth-order valence-electron chi connectivity index (χ4n) is 0.772. The largest absolute Gasteiger partial charge is 0.286 e. The summed E-state index contributed by atoms with van der Waals surface area (Å²) in [5, 5.41) is 9.71. The minimum absolute atomic E-state index is 0.206. The number of rotatable bonds is 2. The Kier molecular flexibility index (Phi) is 2.76. The number of hydrogen-bond donors (Lipinski definition) is 1. The third-order valence-electron chi connectivity index (χ3n) is 1.45. The molecule has 0 unspecified atom stereocenters. The van der Waals surface area contributed by atoms with E-state index in [9.17, 15) is 4.79 Å². The normalized spacial score (nSPS) is 9.50. The Morgan fingerprint density at radius 2 is 2.17 bits per heavy atom. The first-order chi connectivity index (χ1) is 5.70. The van der Waals surface area contributed by atoms with E-state index in [1.165, 1.54) is 6.92 Å². The molecule has 1 N–H and O–H groups in total. The number of nitrogens with zero attached hydrogens (tertiary/aromatic N) is 2. The number of hydrogen-bond acceptors (Lipinski definition) is 3. The van der Waals surface area contributed by atoms with Crippen LogP contribution in [0.25, 0.3) is 0 Å². The lowest BCUT2D eigenvalue weighted by atomic mass is 10.3. The fourth-order valence-corrected chi connectivity index (χ4v) is 0.772. The van der Waals surface area contributed by atoms with Crippen molar-refractivity contribution in [2.45, 2.75) is 13.5 Å². The summed E-state index contributed by atoms with van der Waals surface area (Å²) in [6, 6.07) is 3.48. The van der Waals surface area contributed by atoms with Gasteiger partial charge in [0.15, 0.2) is 0 Å². The van der Waals surface area contributed by atoms with E-state index in [1.807, 2.05) is 0 Å². The van der Waals surface area contributed by atoms with Gasteiger partial charge in [-0.2, -0.15) is 0 Å². The van der Waals surface area contributed by atoms with E-state index < -0.39 is 0 Å². The van der Waals surface area contributed by atoms with Gasteiger partial charge in [0.1, 0.15) is 0 Å². The molecule has 0 bridgehead atoms. The monoisotopic (exact) mass is 166 g/mol. The van der Waals surface area contributed by atoms with Crippen molar-refractivity contribution in [3.63, 3.8) is 0 Å². The van der Waals surface area contributed by atoms with Crippen LogP contribution in [0.1, 0.15) is 12.5 Å². The van der Waals surface area contributed by atoms with Crippen LogP contribution in [0.3, 0.4) is 0 Å². The van der Waals surface area contributed by atoms with Crippen molar-refractivity contribution in [3.05, 3.63) is 30.1 Å². The first kappa shape index (κ1) is 8.67. The van der Waals surface area contributed by atoms with Gasteiger partial charge in [-0.3, -0.25) is 15.0 Å². The maximum atomic E-state index is 10.6. The summed E-state index contributed by atoms with van der Waals surface area (Å²) in [5.41, 5.74) is 0.850. The quantitative estimate of drug-likeness (QED) is 0.522. The summed E-state index contributed by atoms with van der Waals surface area (Å²) in [7, 11) is 0. The van der Waals surface area contributed by atoms with Crippen LogP contribution in [0, 0.1) is 0 Å². The van der Waals surface area contributed by atoms with Gasteiger partial charge in [-0.15, -0.1) is 0 Å². The molecule has 1 aromatic heterocycles. The van der Waals surface area contributed by atoms with Gasteiger partial charge in [0, 0.05) is 19.3 Å². The molecule has 12 heavy (non-hydrogen) atoms. The predicted molar refractivity (Wildman–Crippen MR) is 42.2 cm³/mol. The second-order valence-corrected chi connectivity index (χ2v) is 2.43. The van der Waals surface area contributed by atoms with Gasteiger partial charge in [0.2, 0.25) is 5.91 Å². The highest BCUT2D eigenvalue weighted by molar-refractivity contribution is 5.71. The molecular formula is C8H10N2O2. The molecule has 0 aliphatic rings. The van der Waals surface area contributed by atoms with Crippen LogP contribution < -0.4 is 0 Å². The van der Waals surface area contributed by atoms with Crippen LogP contribution in [-0.2, 0) is 11.3 Å². The Morgan fingerprint density at radius 3 is 2.67 bits per heavy atom. The van der Waals surface area contributed by atoms with Crippen molar-refractivity contribution in [1.82, 2.24) is 10.0 Å². The number of aromatic nitrogens is 1. The van der Waals surface area contributed by atoms with Crippen LogP contribution >= 0.6 is 0 Å². The van der Waals surface area contributed by atoms with Gasteiger partial charge in [0.05, 0.1) is 6.54 Å². The molecule has 1 rings (SSSR count). The molecule has 4 nitrogen and oxygen atoms in total. The lowest BCUT2D eigenvalue weighted by Gasteiger charge is -2.11. The zero-order valence-electron chi connectivity index (χ0n) is 6.77. The Labute approximate surface area is 70.4 Å². The number of amides is 1. The van der Waals surface area contributed by atoms with Crippen molar-refractivity contribution in [1.29, 1.82) is 0 Å². The number of pyridine rings is 1. The number of hydroxylamine groups is 2. The highest BCUT2D eigenvalue weighted by atomic mass is 16.5. The number of carbonyl (C=O) groups excluding carboxylic acids is 1. The zero-order valence-corrected chi connectivity index (χ0v) is 6.77. The zero-order chi connectivity index (χ0) is 8.97. The average Bonchev–Trinajstić information content (AvgIpc) is 2.06. The molecule has 4 heteroatoms. The molecule has 0 aliphatic heterocycles. The van der Waals surface area contributed by atoms with E-state index in [-0.39, 0.29) is 12.5 Å². The second-order valence-electron chi connectivity index (χ2n) is 2.43. The molecule has 0 spiro atoms. The molecule has 0 radical (unpaired) electrons. The lowest BCUT2D eigenvalue weighted by molar-refractivity contribution is -0.165. The molecule has 1 aromatic rings. The Morgan fingerprint density at radius 1 is 1.58 bits per heavy atom. The predicted octanol–water partition coefficient (Wildman–Crippen LogP) is 0.819. The van der Waals surface area contributed by atoms with E-state index in [4.69, 9.17) is 5.21 Å². The molecule has 0 fully saturated rings. The summed E-state index contributed by atoms with van der Waals surface area (Å²) in [6.45, 7) is 1.51. The van der Waals surface area contributed by atoms with Gasteiger partial charge in [-0.25, -0.2) is 5.06 Å². The Balaban J connectivity index is 2.58. The molecular weight excluding hydrogens is 156 g/mol. The number of carbonyl (C=O) groups is 1. The van der Waals surface area contributed by atoms with Crippen molar-refractivity contribution >= 4 is 5.91 Å². The first-order valence-electron chi connectivity index (χ1n) is 3.56. The van der Waals surface area contributed by atoms with Gasteiger partial charge >= 0.3 is 0 Å². The molecule has 0 atom stereocenters. The second kappa shape index (κ2) is 3.82. The molecule has 0 aliphatic carbocycles. The van der Waals surface area contributed by atoms with Crippen LogP contribution in [0.2, 0.25) is 0 Å². The van der Waals surface area contributed by atoms with Crippen molar-refractivity contribution < 1.29 is 10.0 Å². The first-order valence-corrected chi connectivity index (χ1v) is 3.56. The molecule has 0 aromatic carbocycles. The molecule has 1 heterocycles. The summed E-state index contributed by atoms with van der Waals surface area (Å²) in [4.78, 5) is 14.4.